The average Bonchev–Trinajstić information content (AvgIpc) is 2.99. The Kier molecular flexibility index (Phi) is 3.45. The van der Waals surface area contributed by atoms with E-state index in [1.165, 1.54) is 14.9 Å². The van der Waals surface area contributed by atoms with E-state index in [-0.39, 0.29) is 24.0 Å². The molecular formula is C11H16N2O4S. The monoisotopic (exact) mass is 272 g/mol. The first-order valence-corrected chi connectivity index (χ1v) is 7.22. The molecule has 1 aliphatic carbocycles. The fourth-order valence-electron chi connectivity index (χ4n) is 1.90. The molecule has 0 aliphatic heterocycles. The fraction of sp³-hybridized carbons (Fsp3) is 0.545. The molecule has 1 heterocycles. The van der Waals surface area contributed by atoms with Crippen molar-refractivity contribution in [2.45, 2.75) is 30.3 Å². The largest absolute Gasteiger partial charge is 0.481 e. The molecule has 6 nitrogen and oxygen atoms in total. The van der Waals surface area contributed by atoms with Crippen LogP contribution in [0.15, 0.2) is 23.4 Å². The van der Waals surface area contributed by atoms with E-state index in [1.807, 2.05) is 0 Å². The second-order valence-corrected chi connectivity index (χ2v) is 6.29. The van der Waals surface area contributed by atoms with Crippen LogP contribution in [0.5, 0.6) is 0 Å². The lowest BCUT2D eigenvalue weighted by Gasteiger charge is -2.21. The molecule has 0 amide bonds. The number of carboxylic acid groups (broad SMARTS) is 1. The molecule has 0 spiro atoms. The molecule has 0 aromatic carbocycles. The summed E-state index contributed by atoms with van der Waals surface area (Å²) in [5.41, 5.74) is 0. The molecule has 1 aliphatic rings. The molecule has 2 rings (SSSR count). The number of carbonyl (C=O) groups is 1. The number of carboxylic acids is 1. The molecule has 0 atom stereocenters. The summed E-state index contributed by atoms with van der Waals surface area (Å²) in [6, 6.07) is 3.16. The fourth-order valence-corrected chi connectivity index (χ4v) is 3.75. The van der Waals surface area contributed by atoms with Gasteiger partial charge in [0.2, 0.25) is 0 Å². The van der Waals surface area contributed by atoms with Gasteiger partial charge in [-0.2, -0.15) is 4.31 Å². The van der Waals surface area contributed by atoms with Crippen molar-refractivity contribution in [3.8, 4) is 0 Å². The minimum atomic E-state index is -3.59. The van der Waals surface area contributed by atoms with E-state index in [0.717, 1.165) is 12.8 Å². The van der Waals surface area contributed by atoms with Crippen LogP contribution in [-0.2, 0) is 21.9 Å². The molecule has 0 unspecified atom stereocenters. The van der Waals surface area contributed by atoms with Gasteiger partial charge in [0.1, 0.15) is 5.03 Å². The van der Waals surface area contributed by atoms with Crippen LogP contribution in [0.2, 0.25) is 0 Å². The molecule has 100 valence electrons. The zero-order valence-corrected chi connectivity index (χ0v) is 10.9. The Bertz CT molecular complexity index is 545. The Morgan fingerprint density at radius 1 is 1.56 bits per heavy atom. The van der Waals surface area contributed by atoms with Crippen molar-refractivity contribution in [3.05, 3.63) is 18.3 Å². The minimum Gasteiger partial charge on any atom is -0.481 e. The maximum absolute atomic E-state index is 12.4. The molecule has 1 N–H and O–H groups in total. The normalized spacial score (nSPS) is 16.1. The lowest BCUT2D eigenvalue weighted by molar-refractivity contribution is -0.137. The summed E-state index contributed by atoms with van der Waals surface area (Å²) in [6.07, 6.45) is 3.11. The SMILES string of the molecule is Cn1cccc1S(=O)(=O)N(CCC(=O)O)C1CC1. The summed E-state index contributed by atoms with van der Waals surface area (Å²) in [6.45, 7) is 0.0352. The Labute approximate surface area is 106 Å². The maximum atomic E-state index is 12.4. The first-order chi connectivity index (χ1) is 8.43. The van der Waals surface area contributed by atoms with Crippen molar-refractivity contribution >= 4 is 16.0 Å². The minimum absolute atomic E-state index is 0.0352. The number of aliphatic carboxylic acids is 1. The second-order valence-electron chi connectivity index (χ2n) is 4.45. The number of sulfonamides is 1. The number of nitrogens with zero attached hydrogens (tertiary/aromatic N) is 2. The third kappa shape index (κ3) is 2.56. The van der Waals surface area contributed by atoms with Gasteiger partial charge in [-0.15, -0.1) is 0 Å². The predicted octanol–water partition coefficient (Wildman–Crippen LogP) is 0.653. The molecule has 0 radical (unpaired) electrons. The third-order valence-electron chi connectivity index (χ3n) is 2.97. The number of aryl methyl sites for hydroxylation is 1. The molecule has 0 saturated heterocycles. The Balaban J connectivity index is 2.25. The third-order valence-corrected chi connectivity index (χ3v) is 5.02. The summed E-state index contributed by atoms with van der Waals surface area (Å²) >= 11 is 0. The topological polar surface area (TPSA) is 79.6 Å². The van der Waals surface area contributed by atoms with Gasteiger partial charge < -0.3 is 9.67 Å². The highest BCUT2D eigenvalue weighted by atomic mass is 32.2. The van der Waals surface area contributed by atoms with Crippen LogP contribution in [0.4, 0.5) is 0 Å². The van der Waals surface area contributed by atoms with Gasteiger partial charge >= 0.3 is 5.97 Å². The molecule has 1 saturated carbocycles. The van der Waals surface area contributed by atoms with E-state index in [9.17, 15) is 13.2 Å². The van der Waals surface area contributed by atoms with Crippen LogP contribution in [0.25, 0.3) is 0 Å². The van der Waals surface area contributed by atoms with Gasteiger partial charge in [0, 0.05) is 25.8 Å². The molecule has 1 fully saturated rings. The summed E-state index contributed by atoms with van der Waals surface area (Å²) in [7, 11) is -1.93. The number of hydrogen-bond acceptors (Lipinski definition) is 3. The highest BCUT2D eigenvalue weighted by molar-refractivity contribution is 7.89. The Morgan fingerprint density at radius 3 is 2.67 bits per heavy atom. The van der Waals surface area contributed by atoms with Gasteiger partial charge in [0.25, 0.3) is 10.0 Å². The van der Waals surface area contributed by atoms with E-state index >= 15 is 0 Å². The van der Waals surface area contributed by atoms with Gasteiger partial charge in [0.15, 0.2) is 0 Å². The summed E-state index contributed by atoms with van der Waals surface area (Å²) in [5, 5.41) is 8.90. The van der Waals surface area contributed by atoms with Crippen LogP contribution < -0.4 is 0 Å². The van der Waals surface area contributed by atoms with Gasteiger partial charge in [-0.1, -0.05) is 0 Å². The Hall–Kier alpha value is -1.34. The molecular weight excluding hydrogens is 256 g/mol. The smallest absolute Gasteiger partial charge is 0.304 e. The van der Waals surface area contributed by atoms with E-state index in [4.69, 9.17) is 5.11 Å². The van der Waals surface area contributed by atoms with E-state index in [2.05, 4.69) is 0 Å². The number of rotatable bonds is 6. The van der Waals surface area contributed by atoms with Crippen molar-refractivity contribution in [2.24, 2.45) is 7.05 Å². The van der Waals surface area contributed by atoms with Crippen LogP contribution >= 0.6 is 0 Å². The second kappa shape index (κ2) is 4.74. The van der Waals surface area contributed by atoms with Gasteiger partial charge in [-0.05, 0) is 25.0 Å². The Morgan fingerprint density at radius 2 is 2.22 bits per heavy atom. The van der Waals surface area contributed by atoms with Crippen molar-refractivity contribution in [1.29, 1.82) is 0 Å². The lowest BCUT2D eigenvalue weighted by atomic mass is 10.4. The van der Waals surface area contributed by atoms with Gasteiger partial charge in [-0.25, -0.2) is 8.42 Å². The highest BCUT2D eigenvalue weighted by Gasteiger charge is 2.38. The van der Waals surface area contributed by atoms with Crippen LogP contribution in [0, 0.1) is 0 Å². The zero-order chi connectivity index (χ0) is 13.3. The first kappa shape index (κ1) is 13.1. The molecule has 0 bridgehead atoms. The van der Waals surface area contributed by atoms with E-state index in [0.29, 0.717) is 0 Å². The average molecular weight is 272 g/mol. The van der Waals surface area contributed by atoms with E-state index in [1.54, 1.807) is 19.3 Å². The van der Waals surface area contributed by atoms with Crippen LogP contribution in [0.3, 0.4) is 0 Å². The van der Waals surface area contributed by atoms with Crippen molar-refractivity contribution in [2.75, 3.05) is 6.54 Å². The standard InChI is InChI=1S/C11H16N2O4S/c1-12-7-2-3-10(12)18(16,17)13(9-4-5-9)8-6-11(14)15/h2-3,7,9H,4-6,8H2,1H3,(H,14,15). The number of hydrogen-bond donors (Lipinski definition) is 1. The van der Waals surface area contributed by atoms with Crippen LogP contribution in [-0.4, -0.2) is 41.0 Å². The highest BCUT2D eigenvalue weighted by Crippen LogP contribution is 2.32. The van der Waals surface area contributed by atoms with E-state index < -0.39 is 16.0 Å². The molecule has 1 aromatic rings. The maximum Gasteiger partial charge on any atom is 0.304 e. The van der Waals surface area contributed by atoms with Gasteiger partial charge in [0.05, 0.1) is 6.42 Å². The predicted molar refractivity (Wildman–Crippen MR) is 64.6 cm³/mol. The summed E-state index contributed by atoms with van der Waals surface area (Å²) in [5.74, 6) is -0.984. The van der Waals surface area contributed by atoms with Crippen molar-refractivity contribution < 1.29 is 18.3 Å². The zero-order valence-electron chi connectivity index (χ0n) is 10.1. The molecule has 18 heavy (non-hydrogen) atoms. The van der Waals surface area contributed by atoms with Crippen LogP contribution in [0.1, 0.15) is 19.3 Å². The van der Waals surface area contributed by atoms with Crippen molar-refractivity contribution in [3.63, 3.8) is 0 Å². The quantitative estimate of drug-likeness (QED) is 0.824. The van der Waals surface area contributed by atoms with Crippen molar-refractivity contribution in [1.82, 2.24) is 8.87 Å². The summed E-state index contributed by atoms with van der Waals surface area (Å²) < 4.78 is 27.7. The first-order valence-electron chi connectivity index (χ1n) is 5.78. The lowest BCUT2D eigenvalue weighted by Crippen LogP contribution is -2.35. The summed E-state index contributed by atoms with van der Waals surface area (Å²) in [4.78, 5) is 10.6. The molecule has 1 aromatic heterocycles. The van der Waals surface area contributed by atoms with Gasteiger partial charge in [-0.3, -0.25) is 4.79 Å². The number of aromatic nitrogens is 1. The molecule has 7 heteroatoms.